The Morgan fingerprint density at radius 3 is 2.96 bits per heavy atom. The van der Waals surface area contributed by atoms with E-state index in [0.29, 0.717) is 11.6 Å². The zero-order valence-electron chi connectivity index (χ0n) is 15.1. The van der Waals surface area contributed by atoms with E-state index in [0.717, 1.165) is 62.2 Å². The molecule has 3 aromatic rings. The molecule has 6 heteroatoms. The molecular weight excluding hydrogens is 340 g/mol. The first-order chi connectivity index (χ1) is 13.3. The number of amides is 1. The zero-order valence-corrected chi connectivity index (χ0v) is 15.1. The number of carbonyl (C=O) groups is 1. The monoisotopic (exact) mass is 362 g/mol. The van der Waals surface area contributed by atoms with Crippen molar-refractivity contribution in [2.45, 2.75) is 38.1 Å². The highest BCUT2D eigenvalue weighted by atomic mass is 16.5. The summed E-state index contributed by atoms with van der Waals surface area (Å²) < 4.78 is 7.56. The highest BCUT2D eigenvalue weighted by molar-refractivity contribution is 6.05. The molecule has 27 heavy (non-hydrogen) atoms. The lowest BCUT2D eigenvalue weighted by atomic mass is 10.1. The highest BCUT2D eigenvalue weighted by Crippen LogP contribution is 2.29. The fraction of sp³-hybridized carbons (Fsp3) is 0.381. The van der Waals surface area contributed by atoms with Gasteiger partial charge >= 0.3 is 0 Å². The van der Waals surface area contributed by atoms with E-state index in [-0.39, 0.29) is 5.91 Å². The number of rotatable bonds is 3. The maximum atomic E-state index is 12.8. The number of carbonyl (C=O) groups excluding carboxylic acids is 1. The van der Waals surface area contributed by atoms with Crippen molar-refractivity contribution in [3.8, 4) is 0 Å². The van der Waals surface area contributed by atoms with Crippen LogP contribution in [0.2, 0.25) is 0 Å². The summed E-state index contributed by atoms with van der Waals surface area (Å²) >= 11 is 0. The zero-order chi connectivity index (χ0) is 18.2. The van der Waals surface area contributed by atoms with Crippen molar-refractivity contribution in [3.63, 3.8) is 0 Å². The van der Waals surface area contributed by atoms with Crippen LogP contribution in [0, 0.1) is 0 Å². The third kappa shape index (κ3) is 3.00. The number of fused-ring (bicyclic) bond motifs is 2. The van der Waals surface area contributed by atoms with Gasteiger partial charge in [-0.05, 0) is 55.4 Å². The summed E-state index contributed by atoms with van der Waals surface area (Å²) in [5.41, 5.74) is 5.66. The van der Waals surface area contributed by atoms with E-state index >= 15 is 0 Å². The largest absolute Gasteiger partial charge is 0.381 e. The molecule has 6 nitrogen and oxygen atoms in total. The van der Waals surface area contributed by atoms with Gasteiger partial charge in [0.15, 0.2) is 5.65 Å². The summed E-state index contributed by atoms with van der Waals surface area (Å²) in [6, 6.07) is 8.33. The molecule has 1 aromatic carbocycles. The quantitative estimate of drug-likeness (QED) is 0.774. The number of benzene rings is 1. The second-order valence-corrected chi connectivity index (χ2v) is 7.31. The molecule has 0 atom stereocenters. The second-order valence-electron chi connectivity index (χ2n) is 7.31. The molecule has 2 aromatic heterocycles. The fourth-order valence-corrected chi connectivity index (χ4v) is 4.20. The van der Waals surface area contributed by atoms with Crippen LogP contribution in [0.1, 0.15) is 46.8 Å². The number of hydrogen-bond donors (Lipinski definition) is 1. The average molecular weight is 362 g/mol. The molecule has 1 aliphatic heterocycles. The van der Waals surface area contributed by atoms with Gasteiger partial charge < -0.3 is 14.6 Å². The summed E-state index contributed by atoms with van der Waals surface area (Å²) in [5, 5.41) is 3.06. The molecule has 1 amide bonds. The van der Waals surface area contributed by atoms with E-state index in [1.165, 1.54) is 11.1 Å². The van der Waals surface area contributed by atoms with Gasteiger partial charge in [-0.2, -0.15) is 0 Å². The number of ether oxygens (including phenoxy) is 1. The third-order valence-electron chi connectivity index (χ3n) is 5.65. The van der Waals surface area contributed by atoms with Crippen LogP contribution in [-0.4, -0.2) is 33.7 Å². The van der Waals surface area contributed by atoms with Crippen molar-refractivity contribution in [1.82, 2.24) is 14.5 Å². The maximum absolute atomic E-state index is 12.8. The van der Waals surface area contributed by atoms with Crippen molar-refractivity contribution in [2.75, 3.05) is 18.5 Å². The van der Waals surface area contributed by atoms with Gasteiger partial charge in [-0.15, -0.1) is 0 Å². The molecule has 1 fully saturated rings. The Morgan fingerprint density at radius 2 is 2.07 bits per heavy atom. The molecule has 1 aliphatic carbocycles. The summed E-state index contributed by atoms with van der Waals surface area (Å²) in [6.45, 7) is 1.54. The summed E-state index contributed by atoms with van der Waals surface area (Å²) in [6.07, 6.45) is 8.69. The molecule has 0 saturated carbocycles. The third-order valence-corrected chi connectivity index (χ3v) is 5.65. The minimum absolute atomic E-state index is 0.134. The molecule has 1 N–H and O–H groups in total. The van der Waals surface area contributed by atoms with Crippen LogP contribution in [0.25, 0.3) is 11.2 Å². The topological polar surface area (TPSA) is 69.0 Å². The molecule has 2 aliphatic rings. The molecule has 0 bridgehead atoms. The van der Waals surface area contributed by atoms with Crippen LogP contribution in [0.4, 0.5) is 5.69 Å². The highest BCUT2D eigenvalue weighted by Gasteiger charge is 2.20. The summed E-state index contributed by atoms with van der Waals surface area (Å²) in [5.74, 6) is -0.134. The number of aryl methyl sites for hydroxylation is 1. The Hall–Kier alpha value is -2.73. The first kappa shape index (κ1) is 16.4. The van der Waals surface area contributed by atoms with Crippen LogP contribution < -0.4 is 5.32 Å². The number of nitrogens with one attached hydrogen (secondary N) is 1. The van der Waals surface area contributed by atoms with Gasteiger partial charge in [0.25, 0.3) is 5.91 Å². The first-order valence-electron chi connectivity index (χ1n) is 9.62. The molecule has 3 heterocycles. The lowest BCUT2D eigenvalue weighted by Crippen LogP contribution is -2.19. The number of anilines is 1. The number of imidazole rings is 1. The van der Waals surface area contributed by atoms with Crippen molar-refractivity contribution >= 4 is 22.8 Å². The molecule has 5 rings (SSSR count). The summed E-state index contributed by atoms with van der Waals surface area (Å²) in [4.78, 5) is 21.8. The number of nitrogens with zero attached hydrogens (tertiary/aromatic N) is 3. The molecule has 0 spiro atoms. The Balaban J connectivity index is 1.40. The van der Waals surface area contributed by atoms with Crippen LogP contribution in [0.15, 0.2) is 36.8 Å². The maximum Gasteiger partial charge on any atom is 0.257 e. The Labute approximate surface area is 157 Å². The molecular formula is C21H22N4O2. The smallest absolute Gasteiger partial charge is 0.257 e. The molecule has 0 radical (unpaired) electrons. The first-order valence-corrected chi connectivity index (χ1v) is 9.62. The van der Waals surface area contributed by atoms with Crippen LogP contribution >= 0.6 is 0 Å². The summed E-state index contributed by atoms with van der Waals surface area (Å²) in [7, 11) is 0. The van der Waals surface area contributed by atoms with Crippen molar-refractivity contribution in [3.05, 3.63) is 53.5 Å². The molecule has 138 valence electrons. The lowest BCUT2D eigenvalue weighted by Gasteiger charge is -2.23. The van der Waals surface area contributed by atoms with E-state index in [2.05, 4.69) is 25.9 Å². The normalized spacial score (nSPS) is 17.2. The minimum Gasteiger partial charge on any atom is -0.381 e. The van der Waals surface area contributed by atoms with Crippen LogP contribution in [0.3, 0.4) is 0 Å². The van der Waals surface area contributed by atoms with Crippen LogP contribution in [-0.2, 0) is 17.6 Å². The number of aromatic nitrogens is 3. The van der Waals surface area contributed by atoms with E-state index < -0.39 is 0 Å². The van der Waals surface area contributed by atoms with Gasteiger partial charge in [-0.25, -0.2) is 9.97 Å². The van der Waals surface area contributed by atoms with E-state index in [1.807, 2.05) is 24.5 Å². The van der Waals surface area contributed by atoms with Crippen molar-refractivity contribution < 1.29 is 9.53 Å². The minimum atomic E-state index is -0.134. The lowest BCUT2D eigenvalue weighted by molar-refractivity contribution is 0.0704. The van der Waals surface area contributed by atoms with Gasteiger partial charge in [0, 0.05) is 31.1 Å². The second kappa shape index (κ2) is 6.78. The molecule has 0 unspecified atom stereocenters. The van der Waals surface area contributed by atoms with Crippen LogP contribution in [0.5, 0.6) is 0 Å². The average Bonchev–Trinajstić information content (AvgIpc) is 3.35. The van der Waals surface area contributed by atoms with E-state index in [1.54, 1.807) is 6.20 Å². The van der Waals surface area contributed by atoms with Gasteiger partial charge in [0.1, 0.15) is 5.52 Å². The Kier molecular flexibility index (Phi) is 4.13. The van der Waals surface area contributed by atoms with Crippen molar-refractivity contribution in [2.24, 2.45) is 0 Å². The standard InChI is InChI=1S/C21H22N4O2/c26-21(24-18-6-2-4-14-3-1-5-17(14)18)15-11-19-20(22-12-15)25(13-23-19)16-7-9-27-10-8-16/h2,4,6,11-13,16H,1,3,5,7-10H2,(H,24,26). The predicted octanol–water partition coefficient (Wildman–Crippen LogP) is 3.52. The van der Waals surface area contributed by atoms with Gasteiger partial charge in [-0.3, -0.25) is 4.79 Å². The van der Waals surface area contributed by atoms with E-state index in [4.69, 9.17) is 4.74 Å². The Bertz CT molecular complexity index is 1000. The number of hydrogen-bond acceptors (Lipinski definition) is 4. The van der Waals surface area contributed by atoms with Gasteiger partial charge in [0.05, 0.1) is 11.9 Å². The van der Waals surface area contributed by atoms with Crippen molar-refractivity contribution in [1.29, 1.82) is 0 Å². The fourth-order valence-electron chi connectivity index (χ4n) is 4.20. The van der Waals surface area contributed by atoms with Gasteiger partial charge in [-0.1, -0.05) is 12.1 Å². The predicted molar refractivity (Wildman–Crippen MR) is 103 cm³/mol. The molecule has 1 saturated heterocycles. The number of pyridine rings is 1. The van der Waals surface area contributed by atoms with E-state index in [9.17, 15) is 4.79 Å². The Morgan fingerprint density at radius 1 is 1.19 bits per heavy atom. The SMILES string of the molecule is O=C(Nc1cccc2c1CCC2)c1cnc2c(c1)ncn2C1CCOCC1. The van der Waals surface area contributed by atoms with Gasteiger partial charge in [0.2, 0.25) is 0 Å².